The molecule has 0 nitrogen and oxygen atoms in total. The number of hydrogen-bond donors (Lipinski definition) is 0. The van der Waals surface area contributed by atoms with Crippen LogP contribution >= 0.6 is 31.9 Å². The Labute approximate surface area is 272 Å². The molecule has 0 aliphatic heterocycles. The average molecular weight is 688 g/mol. The Bertz CT molecular complexity index is 2420. The Morgan fingerprint density at radius 2 is 1.18 bits per heavy atom. The summed E-state index contributed by atoms with van der Waals surface area (Å²) < 4.78 is 2.35. The second-order valence-electron chi connectivity index (χ2n) is 12.2. The fourth-order valence-corrected chi connectivity index (χ4v) is 9.38. The average Bonchev–Trinajstić information content (AvgIpc) is 3.57. The van der Waals surface area contributed by atoms with Gasteiger partial charge in [0.25, 0.3) is 0 Å². The van der Waals surface area contributed by atoms with Crippen molar-refractivity contribution >= 4 is 64.9 Å². The van der Waals surface area contributed by atoms with Gasteiger partial charge in [-0.1, -0.05) is 141 Å². The maximum atomic E-state index is 3.90. The normalized spacial score (nSPS) is 21.5. The molecule has 6 aliphatic rings. The summed E-state index contributed by atoms with van der Waals surface area (Å²) in [6.07, 6.45) is 22.8. The molecule has 2 atom stereocenters. The molecule has 0 radical (unpaired) electrons. The molecule has 206 valence electrons. The summed E-state index contributed by atoms with van der Waals surface area (Å²) in [5.74, 6) is 0.494. The molecule has 0 saturated carbocycles. The Hall–Kier alpha value is -4.24. The van der Waals surface area contributed by atoms with Gasteiger partial charge in [-0.25, -0.2) is 0 Å². The molecule has 0 amide bonds. The third-order valence-corrected chi connectivity index (χ3v) is 11.6. The predicted octanol–water partition coefficient (Wildman–Crippen LogP) is 10.1. The first kappa shape index (κ1) is 25.1. The molecule has 4 aromatic carbocycles. The van der Waals surface area contributed by atoms with E-state index in [-0.39, 0.29) is 11.8 Å². The molecule has 4 aromatic rings. The van der Waals surface area contributed by atoms with E-state index < -0.39 is 0 Å². The highest BCUT2D eigenvalue weighted by atomic mass is 79.9. The summed E-state index contributed by atoms with van der Waals surface area (Å²) in [5, 5.41) is 5.37. The Kier molecular flexibility index (Phi) is 5.22. The molecular formula is C42H24Br2. The fraction of sp³-hybridized carbons (Fsp3) is 0.0476. The zero-order chi connectivity index (χ0) is 29.1. The molecule has 2 heteroatoms. The highest BCUT2D eigenvalue weighted by Crippen LogP contribution is 2.53. The largest absolute Gasteiger partial charge is 0.0622 e. The third-order valence-electron chi connectivity index (χ3n) is 10.1. The topological polar surface area (TPSA) is 0 Å². The number of fused-ring (bicyclic) bond motifs is 5. The van der Waals surface area contributed by atoms with Crippen molar-refractivity contribution in [3.63, 3.8) is 0 Å². The van der Waals surface area contributed by atoms with E-state index in [9.17, 15) is 0 Å². The monoisotopic (exact) mass is 686 g/mol. The van der Waals surface area contributed by atoms with Crippen molar-refractivity contribution in [3.05, 3.63) is 175 Å². The number of benzene rings is 4. The van der Waals surface area contributed by atoms with Crippen LogP contribution in [0.25, 0.3) is 55.3 Å². The second kappa shape index (κ2) is 9.14. The van der Waals surface area contributed by atoms with Crippen molar-refractivity contribution in [1.82, 2.24) is 0 Å². The lowest BCUT2D eigenvalue weighted by molar-refractivity contribution is 1.06. The fourth-order valence-electron chi connectivity index (χ4n) is 8.39. The van der Waals surface area contributed by atoms with Crippen LogP contribution in [0.2, 0.25) is 0 Å². The van der Waals surface area contributed by atoms with E-state index in [0.29, 0.717) is 0 Å². The van der Waals surface area contributed by atoms with Crippen LogP contribution in [0.3, 0.4) is 0 Å². The highest BCUT2D eigenvalue weighted by molar-refractivity contribution is 9.12. The smallest absolute Gasteiger partial charge is 0.0363 e. The number of halogens is 2. The molecule has 6 aliphatic carbocycles. The minimum Gasteiger partial charge on any atom is -0.0622 e. The van der Waals surface area contributed by atoms with Crippen molar-refractivity contribution in [2.24, 2.45) is 11.8 Å². The summed E-state index contributed by atoms with van der Waals surface area (Å²) in [6.45, 7) is 0. The van der Waals surface area contributed by atoms with Gasteiger partial charge in [0, 0.05) is 20.8 Å². The lowest BCUT2D eigenvalue weighted by atomic mass is 9.79. The van der Waals surface area contributed by atoms with Gasteiger partial charge in [-0.3, -0.25) is 0 Å². The minimum absolute atomic E-state index is 0.222. The van der Waals surface area contributed by atoms with E-state index in [1.165, 1.54) is 97.0 Å². The number of hydrogen-bond acceptors (Lipinski definition) is 0. The molecule has 0 fully saturated rings. The van der Waals surface area contributed by atoms with Crippen LogP contribution in [-0.4, -0.2) is 0 Å². The Morgan fingerprint density at radius 3 is 1.95 bits per heavy atom. The predicted molar refractivity (Wildman–Crippen MR) is 192 cm³/mol. The van der Waals surface area contributed by atoms with Gasteiger partial charge in [0.2, 0.25) is 0 Å². The van der Waals surface area contributed by atoms with E-state index in [1.54, 1.807) is 0 Å². The van der Waals surface area contributed by atoms with Gasteiger partial charge in [-0.2, -0.15) is 0 Å². The van der Waals surface area contributed by atoms with Crippen molar-refractivity contribution in [2.75, 3.05) is 0 Å². The lowest BCUT2D eigenvalue weighted by Crippen LogP contribution is -2.16. The Balaban J connectivity index is 1.45. The van der Waals surface area contributed by atoms with Crippen LogP contribution in [0.15, 0.2) is 154 Å². The zero-order valence-electron chi connectivity index (χ0n) is 23.6. The van der Waals surface area contributed by atoms with E-state index in [0.717, 1.165) is 0 Å². The molecule has 44 heavy (non-hydrogen) atoms. The highest BCUT2D eigenvalue weighted by Gasteiger charge is 2.39. The van der Waals surface area contributed by atoms with E-state index in [4.69, 9.17) is 0 Å². The molecule has 0 N–H and O–H groups in total. The van der Waals surface area contributed by atoms with Crippen LogP contribution in [0.4, 0.5) is 0 Å². The number of allylic oxidation sites excluding steroid dienone is 16. The molecule has 0 aromatic heterocycles. The molecular weight excluding hydrogens is 664 g/mol. The van der Waals surface area contributed by atoms with E-state index in [2.05, 4.69) is 165 Å². The first-order chi connectivity index (χ1) is 21.7. The van der Waals surface area contributed by atoms with Crippen molar-refractivity contribution in [3.8, 4) is 22.3 Å². The third kappa shape index (κ3) is 3.23. The molecule has 2 unspecified atom stereocenters. The van der Waals surface area contributed by atoms with E-state index >= 15 is 0 Å². The van der Waals surface area contributed by atoms with Crippen LogP contribution < -0.4 is 10.4 Å². The van der Waals surface area contributed by atoms with Gasteiger partial charge in [0.05, 0.1) is 0 Å². The van der Waals surface area contributed by atoms with Gasteiger partial charge in [0.15, 0.2) is 0 Å². The lowest BCUT2D eigenvalue weighted by Gasteiger charge is -2.25. The van der Waals surface area contributed by atoms with Crippen molar-refractivity contribution in [1.29, 1.82) is 0 Å². The SMILES string of the molecule is BrC1=CC=C2c3cc4c(-c5ccccc5)c5c(c(-c6ccccc6)c4cc3=C3C=CC=C1C23)C1=CC=CC2=C(Br)C=CC=5C12. The van der Waals surface area contributed by atoms with Gasteiger partial charge in [-0.15, -0.1) is 0 Å². The van der Waals surface area contributed by atoms with Crippen LogP contribution in [0.1, 0.15) is 11.1 Å². The van der Waals surface area contributed by atoms with Gasteiger partial charge in [0.1, 0.15) is 0 Å². The quantitative estimate of drug-likeness (QED) is 0.197. The van der Waals surface area contributed by atoms with Crippen LogP contribution in [0, 0.1) is 11.8 Å². The standard InChI is InChI=1S/C42H24Br2/c43-35-19-17-26-32-22-34-33(21-31(32)25-13-7-14-27(35)39(25)26)37(23-9-3-1-4-10-23)41-29-16-8-15-28-36(44)20-18-30(40(28)29)42(41)38(34)24-11-5-2-6-12-24/h1-22,39-40H. The molecule has 0 heterocycles. The summed E-state index contributed by atoms with van der Waals surface area (Å²) in [7, 11) is 0. The van der Waals surface area contributed by atoms with Crippen molar-refractivity contribution in [2.45, 2.75) is 0 Å². The Morgan fingerprint density at radius 1 is 0.500 bits per heavy atom. The summed E-state index contributed by atoms with van der Waals surface area (Å²) in [5.41, 5.74) is 16.2. The summed E-state index contributed by atoms with van der Waals surface area (Å²) in [6, 6.07) is 27.1. The summed E-state index contributed by atoms with van der Waals surface area (Å²) >= 11 is 7.76. The maximum Gasteiger partial charge on any atom is 0.0363 e. The van der Waals surface area contributed by atoms with E-state index in [1.807, 2.05) is 0 Å². The molecule has 0 bridgehead atoms. The van der Waals surface area contributed by atoms with Gasteiger partial charge < -0.3 is 0 Å². The first-order valence-corrected chi connectivity index (χ1v) is 16.7. The zero-order valence-corrected chi connectivity index (χ0v) is 26.8. The van der Waals surface area contributed by atoms with Crippen LogP contribution in [-0.2, 0) is 0 Å². The minimum atomic E-state index is 0.222. The van der Waals surface area contributed by atoms with Crippen molar-refractivity contribution < 1.29 is 0 Å². The van der Waals surface area contributed by atoms with Gasteiger partial charge in [-0.05, 0) is 112 Å². The van der Waals surface area contributed by atoms with Crippen LogP contribution in [0.5, 0.6) is 0 Å². The molecule has 0 saturated heterocycles. The molecule has 10 rings (SSSR count). The second-order valence-corrected chi connectivity index (χ2v) is 13.9. The number of rotatable bonds is 2. The first-order valence-electron chi connectivity index (χ1n) is 15.1. The molecule has 0 spiro atoms. The summed E-state index contributed by atoms with van der Waals surface area (Å²) in [4.78, 5) is 0. The van der Waals surface area contributed by atoms with Gasteiger partial charge >= 0.3 is 0 Å². The maximum absolute atomic E-state index is 3.90.